The molecule has 17 heavy (non-hydrogen) atoms. The minimum atomic E-state index is -0.307. The van der Waals surface area contributed by atoms with Crippen molar-refractivity contribution in [2.45, 2.75) is 19.3 Å². The molecule has 0 N–H and O–H groups in total. The second-order valence-electron chi connectivity index (χ2n) is 4.16. The van der Waals surface area contributed by atoms with Gasteiger partial charge in [-0.25, -0.2) is 4.39 Å². The average molecular weight is 253 g/mol. The zero-order valence-corrected chi connectivity index (χ0v) is 10.3. The van der Waals surface area contributed by atoms with Crippen molar-refractivity contribution in [3.05, 3.63) is 29.6 Å². The number of ether oxygens (including phenoxy) is 1. The maximum atomic E-state index is 13.1. The second kappa shape index (κ2) is 5.93. The Labute approximate surface area is 106 Å². The van der Waals surface area contributed by atoms with Crippen LogP contribution in [0.15, 0.2) is 18.2 Å². The van der Waals surface area contributed by atoms with Crippen LogP contribution in [-0.2, 0) is 0 Å². The Bertz CT molecular complexity index is 443. The number of hydrogen-bond donors (Lipinski definition) is 0. The molecule has 2 rings (SSSR count). The van der Waals surface area contributed by atoms with E-state index in [0.29, 0.717) is 17.9 Å². The normalized spacial score (nSPS) is 14.0. The lowest BCUT2D eigenvalue weighted by Crippen LogP contribution is -2.00. The fourth-order valence-corrected chi connectivity index (χ4v) is 1.66. The molecule has 1 aliphatic rings. The summed E-state index contributed by atoms with van der Waals surface area (Å²) in [6.45, 7) is 0.672. The van der Waals surface area contributed by atoms with E-state index in [2.05, 4.69) is 11.8 Å². The summed E-state index contributed by atoms with van der Waals surface area (Å²) in [4.78, 5) is 0. The van der Waals surface area contributed by atoms with Gasteiger partial charge in [0.15, 0.2) is 0 Å². The van der Waals surface area contributed by atoms with Gasteiger partial charge in [0, 0.05) is 0 Å². The van der Waals surface area contributed by atoms with Gasteiger partial charge in [0.2, 0.25) is 0 Å². The van der Waals surface area contributed by atoms with Crippen molar-refractivity contribution in [1.82, 2.24) is 0 Å². The quantitative estimate of drug-likeness (QED) is 0.588. The first-order chi connectivity index (χ1) is 8.29. The van der Waals surface area contributed by atoms with E-state index in [-0.39, 0.29) is 11.7 Å². The van der Waals surface area contributed by atoms with Crippen LogP contribution in [0.3, 0.4) is 0 Å². The molecule has 0 heterocycles. The van der Waals surface area contributed by atoms with E-state index >= 15 is 0 Å². The Morgan fingerprint density at radius 1 is 1.41 bits per heavy atom. The standard InChI is InChI=1S/C14H14ClFO/c15-8-1-2-12-10-13(16)5-6-14(12)17-9-7-11-3-4-11/h5-6,10-11H,3-4,7-9H2. The lowest BCUT2D eigenvalue weighted by Gasteiger charge is -2.07. The second-order valence-corrected chi connectivity index (χ2v) is 4.42. The van der Waals surface area contributed by atoms with Gasteiger partial charge in [-0.3, -0.25) is 0 Å². The molecule has 90 valence electrons. The molecule has 1 nitrogen and oxygen atoms in total. The van der Waals surface area contributed by atoms with E-state index in [1.54, 1.807) is 6.07 Å². The number of benzene rings is 1. The predicted octanol–water partition coefficient (Wildman–Crippen LogP) is 3.59. The Kier molecular flexibility index (Phi) is 4.28. The van der Waals surface area contributed by atoms with Crippen molar-refractivity contribution in [2.24, 2.45) is 5.92 Å². The maximum Gasteiger partial charge on any atom is 0.135 e. The van der Waals surface area contributed by atoms with Crippen LogP contribution in [0.25, 0.3) is 0 Å². The summed E-state index contributed by atoms with van der Waals surface area (Å²) in [5.41, 5.74) is 0.571. The van der Waals surface area contributed by atoms with Crippen LogP contribution in [-0.4, -0.2) is 12.5 Å². The lowest BCUT2D eigenvalue weighted by atomic mass is 10.2. The largest absolute Gasteiger partial charge is 0.492 e. The van der Waals surface area contributed by atoms with Crippen molar-refractivity contribution in [3.63, 3.8) is 0 Å². The van der Waals surface area contributed by atoms with E-state index in [9.17, 15) is 4.39 Å². The van der Waals surface area contributed by atoms with Crippen molar-refractivity contribution in [2.75, 3.05) is 12.5 Å². The first-order valence-electron chi connectivity index (χ1n) is 5.77. The molecule has 0 unspecified atom stereocenters. The molecule has 0 aromatic heterocycles. The highest BCUT2D eigenvalue weighted by atomic mass is 35.5. The molecule has 0 amide bonds. The molecule has 0 atom stereocenters. The van der Waals surface area contributed by atoms with Gasteiger partial charge in [-0.2, -0.15) is 0 Å². The van der Waals surface area contributed by atoms with Gasteiger partial charge in [-0.1, -0.05) is 24.7 Å². The molecule has 0 aliphatic heterocycles. The van der Waals surface area contributed by atoms with E-state index in [0.717, 1.165) is 12.3 Å². The highest BCUT2D eigenvalue weighted by Gasteiger charge is 2.20. The minimum Gasteiger partial charge on any atom is -0.492 e. The van der Waals surface area contributed by atoms with Crippen molar-refractivity contribution >= 4 is 11.6 Å². The van der Waals surface area contributed by atoms with Gasteiger partial charge in [0.05, 0.1) is 18.1 Å². The monoisotopic (exact) mass is 252 g/mol. The zero-order valence-electron chi connectivity index (χ0n) is 9.51. The van der Waals surface area contributed by atoms with Crippen LogP contribution >= 0.6 is 11.6 Å². The van der Waals surface area contributed by atoms with Gasteiger partial charge in [-0.15, -0.1) is 11.6 Å². The van der Waals surface area contributed by atoms with Crippen LogP contribution in [0.5, 0.6) is 5.75 Å². The van der Waals surface area contributed by atoms with Gasteiger partial charge in [0.1, 0.15) is 11.6 Å². The first-order valence-corrected chi connectivity index (χ1v) is 6.30. The first kappa shape index (κ1) is 12.3. The summed E-state index contributed by atoms with van der Waals surface area (Å²) >= 11 is 5.49. The molecule has 1 aromatic rings. The Morgan fingerprint density at radius 2 is 2.24 bits per heavy atom. The van der Waals surface area contributed by atoms with E-state index in [1.807, 2.05) is 0 Å². The molecule has 1 saturated carbocycles. The third kappa shape index (κ3) is 3.94. The van der Waals surface area contributed by atoms with Gasteiger partial charge in [-0.05, 0) is 30.5 Å². The van der Waals surface area contributed by atoms with Crippen molar-refractivity contribution < 1.29 is 9.13 Å². The molecular weight excluding hydrogens is 239 g/mol. The Balaban J connectivity index is 2.02. The fraction of sp³-hybridized carbons (Fsp3) is 0.429. The average Bonchev–Trinajstić information content (AvgIpc) is 3.13. The SMILES string of the molecule is Fc1ccc(OCCC2CC2)c(C#CCCl)c1. The number of alkyl halides is 1. The molecule has 0 bridgehead atoms. The third-order valence-corrected chi connectivity index (χ3v) is 2.85. The summed E-state index contributed by atoms with van der Waals surface area (Å²) in [5.74, 6) is 6.92. The lowest BCUT2D eigenvalue weighted by molar-refractivity contribution is 0.301. The van der Waals surface area contributed by atoms with Crippen LogP contribution in [0.1, 0.15) is 24.8 Å². The summed E-state index contributed by atoms with van der Waals surface area (Å²) in [6.07, 6.45) is 3.69. The molecule has 1 fully saturated rings. The fourth-order valence-electron chi connectivity index (χ4n) is 1.60. The van der Waals surface area contributed by atoms with Gasteiger partial charge >= 0.3 is 0 Å². The van der Waals surface area contributed by atoms with Crippen LogP contribution in [0.4, 0.5) is 4.39 Å². The van der Waals surface area contributed by atoms with Crippen molar-refractivity contribution in [1.29, 1.82) is 0 Å². The topological polar surface area (TPSA) is 9.23 Å². The maximum absolute atomic E-state index is 13.1. The highest BCUT2D eigenvalue weighted by molar-refractivity contribution is 6.19. The molecule has 0 radical (unpaired) electrons. The number of rotatable bonds is 4. The molecule has 0 spiro atoms. The van der Waals surface area contributed by atoms with E-state index in [1.165, 1.54) is 25.0 Å². The van der Waals surface area contributed by atoms with Crippen LogP contribution in [0.2, 0.25) is 0 Å². The van der Waals surface area contributed by atoms with Crippen molar-refractivity contribution in [3.8, 4) is 17.6 Å². The minimum absolute atomic E-state index is 0.234. The van der Waals surface area contributed by atoms with Gasteiger partial charge in [0.25, 0.3) is 0 Å². The third-order valence-electron chi connectivity index (χ3n) is 2.71. The Hall–Kier alpha value is -1.20. The number of hydrogen-bond acceptors (Lipinski definition) is 1. The van der Waals surface area contributed by atoms with E-state index < -0.39 is 0 Å². The molecule has 0 saturated heterocycles. The zero-order chi connectivity index (χ0) is 12.1. The van der Waals surface area contributed by atoms with E-state index in [4.69, 9.17) is 16.3 Å². The summed E-state index contributed by atoms with van der Waals surface area (Å²) in [6, 6.07) is 4.39. The smallest absolute Gasteiger partial charge is 0.135 e. The van der Waals surface area contributed by atoms with Crippen LogP contribution in [0, 0.1) is 23.6 Å². The molecule has 1 aliphatic carbocycles. The Morgan fingerprint density at radius 3 is 2.94 bits per heavy atom. The summed E-state index contributed by atoms with van der Waals surface area (Å²) in [5, 5.41) is 0. The van der Waals surface area contributed by atoms with Crippen LogP contribution < -0.4 is 4.74 Å². The summed E-state index contributed by atoms with van der Waals surface area (Å²) < 4.78 is 18.7. The molecule has 1 aromatic carbocycles. The molecule has 3 heteroatoms. The molecular formula is C14H14ClFO. The number of halogens is 2. The van der Waals surface area contributed by atoms with Gasteiger partial charge < -0.3 is 4.74 Å². The highest BCUT2D eigenvalue weighted by Crippen LogP contribution is 2.32. The summed E-state index contributed by atoms with van der Waals surface area (Å²) in [7, 11) is 0. The predicted molar refractivity (Wildman–Crippen MR) is 66.8 cm³/mol.